The Labute approximate surface area is 145 Å². The smallest absolute Gasteiger partial charge is 0.243 e. The molecule has 0 aromatic heterocycles. The molecule has 0 heterocycles. The van der Waals surface area contributed by atoms with E-state index in [9.17, 15) is 9.59 Å². The second-order valence-corrected chi connectivity index (χ2v) is 6.93. The van der Waals surface area contributed by atoms with E-state index in [2.05, 4.69) is 26.6 Å². The van der Waals surface area contributed by atoms with Crippen molar-refractivity contribution in [3.63, 3.8) is 0 Å². The number of hydrogen-bond donors (Lipinski definition) is 3. The number of nitrogens with one attached hydrogen (secondary N) is 2. The summed E-state index contributed by atoms with van der Waals surface area (Å²) in [4.78, 5) is 23.6. The Morgan fingerprint density at radius 1 is 1.32 bits per heavy atom. The predicted octanol–water partition coefficient (Wildman–Crippen LogP) is 2.61. The molecule has 1 aromatic carbocycles. The highest BCUT2D eigenvalue weighted by Gasteiger charge is 2.27. The Bertz CT molecular complexity index is 544. The van der Waals surface area contributed by atoms with Gasteiger partial charge in [0.15, 0.2) is 0 Å². The van der Waals surface area contributed by atoms with Gasteiger partial charge in [0, 0.05) is 10.2 Å². The maximum absolute atomic E-state index is 11.8. The van der Waals surface area contributed by atoms with Gasteiger partial charge in [0.05, 0.1) is 12.6 Å². The molecule has 4 N–H and O–H groups in total. The van der Waals surface area contributed by atoms with Crippen molar-refractivity contribution < 1.29 is 9.59 Å². The minimum Gasteiger partial charge on any atom is -0.346 e. The van der Waals surface area contributed by atoms with Gasteiger partial charge >= 0.3 is 0 Å². The van der Waals surface area contributed by atoms with Crippen LogP contribution in [-0.2, 0) is 9.59 Å². The molecule has 0 aliphatic rings. The van der Waals surface area contributed by atoms with Crippen molar-refractivity contribution in [1.82, 2.24) is 5.32 Å². The number of carbonyl (C=O) groups is 2. The van der Waals surface area contributed by atoms with Crippen molar-refractivity contribution in [2.75, 3.05) is 11.9 Å². The summed E-state index contributed by atoms with van der Waals surface area (Å²) in [5, 5.41) is 5.28. The lowest BCUT2D eigenvalue weighted by molar-refractivity contribution is -0.126. The van der Waals surface area contributed by atoms with Crippen LogP contribution in [0.15, 0.2) is 22.7 Å². The van der Waals surface area contributed by atoms with E-state index >= 15 is 0 Å². The van der Waals surface area contributed by atoms with Gasteiger partial charge in [-0.3, -0.25) is 9.59 Å². The van der Waals surface area contributed by atoms with Crippen LogP contribution >= 0.6 is 28.3 Å². The first-order valence-electron chi connectivity index (χ1n) is 6.70. The monoisotopic (exact) mass is 391 g/mol. The van der Waals surface area contributed by atoms with Gasteiger partial charge in [0.25, 0.3) is 0 Å². The third-order valence-electron chi connectivity index (χ3n) is 3.08. The van der Waals surface area contributed by atoms with E-state index in [0.717, 1.165) is 10.0 Å². The second-order valence-electron chi connectivity index (χ2n) is 6.07. The molecule has 1 rings (SSSR count). The number of hydrogen-bond acceptors (Lipinski definition) is 3. The maximum atomic E-state index is 11.8. The number of carbonyl (C=O) groups excluding carboxylic acids is 2. The van der Waals surface area contributed by atoms with Crippen LogP contribution in [0, 0.1) is 12.3 Å². The molecule has 0 radical (unpaired) electrons. The molecule has 0 aliphatic heterocycles. The molecule has 7 heteroatoms. The lowest BCUT2D eigenvalue weighted by Gasteiger charge is -2.25. The van der Waals surface area contributed by atoms with E-state index in [1.807, 2.05) is 39.8 Å². The van der Waals surface area contributed by atoms with E-state index in [1.165, 1.54) is 0 Å². The number of amides is 2. The summed E-state index contributed by atoms with van der Waals surface area (Å²) >= 11 is 3.40. The molecule has 1 atom stereocenters. The van der Waals surface area contributed by atoms with Gasteiger partial charge < -0.3 is 16.4 Å². The third kappa shape index (κ3) is 6.34. The molecule has 22 heavy (non-hydrogen) atoms. The summed E-state index contributed by atoms with van der Waals surface area (Å²) in [6, 6.07) is 4.85. The normalized spacial score (nSPS) is 12.1. The minimum atomic E-state index is -0.653. The second kappa shape index (κ2) is 8.50. The summed E-state index contributed by atoms with van der Waals surface area (Å²) in [7, 11) is 0. The van der Waals surface area contributed by atoms with Crippen molar-refractivity contribution in [2.24, 2.45) is 11.1 Å². The van der Waals surface area contributed by atoms with Crippen molar-refractivity contribution >= 4 is 45.8 Å². The van der Waals surface area contributed by atoms with E-state index < -0.39 is 6.04 Å². The van der Waals surface area contributed by atoms with Crippen LogP contribution < -0.4 is 16.4 Å². The fourth-order valence-electron chi connectivity index (χ4n) is 1.60. The molecule has 0 spiro atoms. The largest absolute Gasteiger partial charge is 0.346 e. The molecule has 1 aromatic rings. The Morgan fingerprint density at radius 2 is 1.91 bits per heavy atom. The van der Waals surface area contributed by atoms with Crippen LogP contribution in [-0.4, -0.2) is 24.4 Å². The van der Waals surface area contributed by atoms with Crippen LogP contribution in [0.2, 0.25) is 0 Å². The molecule has 0 aliphatic carbocycles. The molecular formula is C15H23BrClN3O2. The number of aryl methyl sites for hydroxylation is 1. The topological polar surface area (TPSA) is 84.2 Å². The van der Waals surface area contributed by atoms with Gasteiger partial charge in [-0.2, -0.15) is 0 Å². The van der Waals surface area contributed by atoms with E-state index in [-0.39, 0.29) is 36.2 Å². The van der Waals surface area contributed by atoms with Gasteiger partial charge in [0.1, 0.15) is 0 Å². The fourth-order valence-corrected chi connectivity index (χ4v) is 1.84. The molecule has 2 amide bonds. The van der Waals surface area contributed by atoms with Gasteiger partial charge in [-0.15, -0.1) is 12.4 Å². The summed E-state index contributed by atoms with van der Waals surface area (Å²) in [5.74, 6) is -0.615. The number of anilines is 1. The van der Waals surface area contributed by atoms with E-state index in [0.29, 0.717) is 5.69 Å². The van der Waals surface area contributed by atoms with Crippen molar-refractivity contribution in [2.45, 2.75) is 33.7 Å². The Hall–Kier alpha value is -1.11. The van der Waals surface area contributed by atoms with E-state index in [4.69, 9.17) is 5.73 Å². The average molecular weight is 393 g/mol. The van der Waals surface area contributed by atoms with Crippen LogP contribution in [0.25, 0.3) is 0 Å². The zero-order valence-corrected chi connectivity index (χ0v) is 15.6. The van der Waals surface area contributed by atoms with Gasteiger partial charge in [-0.05, 0) is 36.1 Å². The van der Waals surface area contributed by atoms with Gasteiger partial charge in [0.2, 0.25) is 11.8 Å². The third-order valence-corrected chi connectivity index (χ3v) is 3.97. The van der Waals surface area contributed by atoms with Gasteiger partial charge in [-0.25, -0.2) is 0 Å². The number of rotatable bonds is 4. The highest BCUT2D eigenvalue weighted by molar-refractivity contribution is 9.10. The standard InChI is InChI=1S/C15H22BrN3O2.ClH/c1-9-7-10(5-6-11(9)16)19-12(20)8-18-14(21)13(17)15(2,3)4;/h5-7,13H,8,17H2,1-4H3,(H,18,21)(H,19,20);1H/t13-;/m1./s1. The van der Waals surface area contributed by atoms with Crippen LogP contribution in [0.5, 0.6) is 0 Å². The highest BCUT2D eigenvalue weighted by atomic mass is 79.9. The molecular weight excluding hydrogens is 370 g/mol. The first-order valence-corrected chi connectivity index (χ1v) is 7.50. The Morgan fingerprint density at radius 3 is 2.41 bits per heavy atom. The first kappa shape index (κ1) is 20.9. The quantitative estimate of drug-likeness (QED) is 0.736. The molecule has 0 saturated heterocycles. The lowest BCUT2D eigenvalue weighted by atomic mass is 9.87. The van der Waals surface area contributed by atoms with Gasteiger partial charge in [-0.1, -0.05) is 36.7 Å². The molecule has 0 unspecified atom stereocenters. The summed E-state index contributed by atoms with van der Waals surface area (Å²) in [5.41, 5.74) is 7.19. The Kier molecular flexibility index (Phi) is 8.07. The molecule has 0 saturated carbocycles. The molecule has 0 bridgehead atoms. The van der Waals surface area contributed by atoms with Crippen LogP contribution in [0.1, 0.15) is 26.3 Å². The zero-order chi connectivity index (χ0) is 16.2. The molecule has 0 fully saturated rings. The minimum absolute atomic E-state index is 0. The molecule has 5 nitrogen and oxygen atoms in total. The van der Waals surface area contributed by atoms with Crippen LogP contribution in [0.4, 0.5) is 5.69 Å². The lowest BCUT2D eigenvalue weighted by Crippen LogP contribution is -2.50. The maximum Gasteiger partial charge on any atom is 0.243 e. The van der Waals surface area contributed by atoms with Crippen LogP contribution in [0.3, 0.4) is 0 Å². The number of nitrogens with two attached hydrogens (primary N) is 1. The predicted molar refractivity (Wildman–Crippen MR) is 95.2 cm³/mol. The SMILES string of the molecule is Cc1cc(NC(=O)CNC(=O)[C@@H](N)C(C)(C)C)ccc1Br.Cl. The summed E-state index contributed by atoms with van der Waals surface area (Å²) in [6.45, 7) is 7.47. The first-order chi connectivity index (χ1) is 9.61. The Balaban J connectivity index is 0.00000441. The average Bonchev–Trinajstić information content (AvgIpc) is 2.38. The molecule has 124 valence electrons. The zero-order valence-electron chi connectivity index (χ0n) is 13.2. The van der Waals surface area contributed by atoms with Crippen molar-refractivity contribution in [3.05, 3.63) is 28.2 Å². The highest BCUT2D eigenvalue weighted by Crippen LogP contribution is 2.20. The van der Waals surface area contributed by atoms with E-state index in [1.54, 1.807) is 6.07 Å². The number of benzene rings is 1. The van der Waals surface area contributed by atoms with Crippen molar-refractivity contribution in [1.29, 1.82) is 0 Å². The summed E-state index contributed by atoms with van der Waals surface area (Å²) in [6.07, 6.45) is 0. The fraction of sp³-hybridized carbons (Fsp3) is 0.467. The summed E-state index contributed by atoms with van der Waals surface area (Å²) < 4.78 is 0.977. The van der Waals surface area contributed by atoms with Crippen molar-refractivity contribution in [3.8, 4) is 0 Å². The number of halogens is 2.